The predicted molar refractivity (Wildman–Crippen MR) is 71.4 cm³/mol. The van der Waals surface area contributed by atoms with Gasteiger partial charge in [-0.25, -0.2) is 0 Å². The Balaban J connectivity index is 2.47. The summed E-state index contributed by atoms with van der Waals surface area (Å²) in [6, 6.07) is 0. The fourth-order valence-corrected chi connectivity index (χ4v) is 2.94. The second-order valence-electron chi connectivity index (χ2n) is 5.34. The first-order valence-electron chi connectivity index (χ1n) is 7.18. The van der Waals surface area contributed by atoms with Gasteiger partial charge in [0, 0.05) is 32.0 Å². The van der Waals surface area contributed by atoms with Gasteiger partial charge in [-0.1, -0.05) is 19.8 Å². The summed E-state index contributed by atoms with van der Waals surface area (Å²) in [4.78, 5) is 13.9. The minimum absolute atomic E-state index is 0.0826. The van der Waals surface area contributed by atoms with Crippen molar-refractivity contribution < 1.29 is 15.0 Å². The van der Waals surface area contributed by atoms with E-state index in [4.69, 9.17) is 10.2 Å². The van der Waals surface area contributed by atoms with Gasteiger partial charge in [-0.3, -0.25) is 9.69 Å². The summed E-state index contributed by atoms with van der Waals surface area (Å²) in [6.07, 6.45) is 5.14. The molecule has 1 aliphatic carbocycles. The molecule has 2 unspecified atom stereocenters. The highest BCUT2D eigenvalue weighted by atomic mass is 16.3. The molecule has 0 aliphatic heterocycles. The van der Waals surface area contributed by atoms with Crippen LogP contribution in [0.15, 0.2) is 0 Å². The lowest BCUT2D eigenvalue weighted by Gasteiger charge is -2.32. The highest BCUT2D eigenvalue weighted by molar-refractivity contribution is 5.81. The summed E-state index contributed by atoms with van der Waals surface area (Å²) in [5.74, 6) is 1.15. The molecule has 1 saturated carbocycles. The van der Waals surface area contributed by atoms with E-state index in [1.807, 2.05) is 4.90 Å². The molecular weight excluding hydrogens is 230 g/mol. The molecule has 0 radical (unpaired) electrons. The monoisotopic (exact) mass is 257 g/mol. The SMILES string of the molecule is CCCC1CCC(=O)C(CN(CCO)CCO)C1. The molecule has 18 heavy (non-hydrogen) atoms. The van der Waals surface area contributed by atoms with Crippen molar-refractivity contribution in [1.29, 1.82) is 0 Å². The molecule has 2 atom stereocenters. The van der Waals surface area contributed by atoms with E-state index in [1.165, 1.54) is 12.8 Å². The zero-order valence-electron chi connectivity index (χ0n) is 11.5. The average molecular weight is 257 g/mol. The minimum Gasteiger partial charge on any atom is -0.395 e. The molecule has 0 aromatic heterocycles. The van der Waals surface area contributed by atoms with Crippen molar-refractivity contribution in [1.82, 2.24) is 4.90 Å². The van der Waals surface area contributed by atoms with Crippen molar-refractivity contribution in [2.75, 3.05) is 32.8 Å². The molecule has 0 aromatic carbocycles. The molecule has 0 heterocycles. The molecule has 106 valence electrons. The van der Waals surface area contributed by atoms with Crippen molar-refractivity contribution in [3.05, 3.63) is 0 Å². The number of hydrogen-bond donors (Lipinski definition) is 2. The van der Waals surface area contributed by atoms with Crippen molar-refractivity contribution in [3.63, 3.8) is 0 Å². The van der Waals surface area contributed by atoms with Gasteiger partial charge in [-0.2, -0.15) is 0 Å². The average Bonchev–Trinajstić information content (AvgIpc) is 2.34. The van der Waals surface area contributed by atoms with Gasteiger partial charge < -0.3 is 10.2 Å². The Morgan fingerprint density at radius 2 is 1.94 bits per heavy atom. The van der Waals surface area contributed by atoms with E-state index in [-0.39, 0.29) is 19.1 Å². The summed E-state index contributed by atoms with van der Waals surface area (Å²) in [6.45, 7) is 4.14. The first-order chi connectivity index (χ1) is 8.71. The number of carbonyl (C=O) groups excluding carboxylic acids is 1. The van der Waals surface area contributed by atoms with Crippen LogP contribution in [0.4, 0.5) is 0 Å². The number of nitrogens with zero attached hydrogens (tertiary/aromatic N) is 1. The predicted octanol–water partition coefficient (Wildman–Crippen LogP) is 1.06. The molecular formula is C14H27NO3. The van der Waals surface area contributed by atoms with Gasteiger partial charge in [0.15, 0.2) is 0 Å². The molecule has 0 spiro atoms. The maximum Gasteiger partial charge on any atom is 0.137 e. The lowest BCUT2D eigenvalue weighted by molar-refractivity contribution is -0.126. The van der Waals surface area contributed by atoms with E-state index in [1.54, 1.807) is 0 Å². The Kier molecular flexibility index (Phi) is 7.47. The fraction of sp³-hybridized carbons (Fsp3) is 0.929. The van der Waals surface area contributed by atoms with Crippen LogP contribution >= 0.6 is 0 Å². The Morgan fingerprint density at radius 3 is 2.50 bits per heavy atom. The van der Waals surface area contributed by atoms with Gasteiger partial charge in [-0.05, 0) is 18.8 Å². The zero-order valence-corrected chi connectivity index (χ0v) is 11.5. The molecule has 2 N–H and O–H groups in total. The molecule has 0 aromatic rings. The summed E-state index contributed by atoms with van der Waals surface area (Å²) >= 11 is 0. The van der Waals surface area contributed by atoms with Crippen LogP contribution in [0.3, 0.4) is 0 Å². The van der Waals surface area contributed by atoms with Gasteiger partial charge in [0.05, 0.1) is 13.2 Å². The Morgan fingerprint density at radius 1 is 1.28 bits per heavy atom. The molecule has 1 aliphatic rings. The fourth-order valence-electron chi connectivity index (χ4n) is 2.94. The van der Waals surface area contributed by atoms with Gasteiger partial charge in [-0.15, -0.1) is 0 Å². The molecule has 1 fully saturated rings. The highest BCUT2D eigenvalue weighted by Gasteiger charge is 2.29. The Bertz CT molecular complexity index is 239. The van der Waals surface area contributed by atoms with Crippen LogP contribution in [-0.4, -0.2) is 53.7 Å². The summed E-state index contributed by atoms with van der Waals surface area (Å²) in [5.41, 5.74) is 0. The first kappa shape index (κ1) is 15.6. The maximum absolute atomic E-state index is 11.9. The third kappa shape index (κ3) is 5.04. The second-order valence-corrected chi connectivity index (χ2v) is 5.34. The molecule has 1 rings (SSSR count). The van der Waals surface area contributed by atoms with Crippen molar-refractivity contribution >= 4 is 5.78 Å². The first-order valence-corrected chi connectivity index (χ1v) is 7.18. The lowest BCUT2D eigenvalue weighted by atomic mass is 9.78. The normalized spacial score (nSPS) is 24.8. The number of rotatable bonds is 8. The van der Waals surface area contributed by atoms with Crippen LogP contribution in [0.2, 0.25) is 0 Å². The third-order valence-corrected chi connectivity index (χ3v) is 3.88. The number of carbonyl (C=O) groups is 1. The van der Waals surface area contributed by atoms with Crippen LogP contribution < -0.4 is 0 Å². The molecule has 4 nitrogen and oxygen atoms in total. The third-order valence-electron chi connectivity index (χ3n) is 3.88. The summed E-state index contributed by atoms with van der Waals surface area (Å²) in [7, 11) is 0. The number of aliphatic hydroxyl groups excluding tert-OH is 2. The molecule has 0 amide bonds. The standard InChI is InChI=1S/C14H27NO3/c1-2-3-12-4-5-14(18)13(10-12)11-15(6-8-16)7-9-17/h12-13,16-17H,2-11H2,1H3. The Hall–Kier alpha value is -0.450. The minimum atomic E-state index is 0.0826. The quantitative estimate of drug-likeness (QED) is 0.682. The van der Waals surface area contributed by atoms with Crippen LogP contribution in [0.25, 0.3) is 0 Å². The van der Waals surface area contributed by atoms with Crippen molar-refractivity contribution in [2.45, 2.75) is 39.0 Å². The van der Waals surface area contributed by atoms with E-state index in [2.05, 4.69) is 6.92 Å². The van der Waals surface area contributed by atoms with Crippen LogP contribution in [0, 0.1) is 11.8 Å². The number of aliphatic hydroxyl groups is 2. The lowest BCUT2D eigenvalue weighted by Crippen LogP contribution is -2.39. The van der Waals surface area contributed by atoms with E-state index in [0.717, 1.165) is 12.8 Å². The number of ketones is 1. The van der Waals surface area contributed by atoms with Gasteiger partial charge in [0.2, 0.25) is 0 Å². The Labute approximate surface area is 110 Å². The molecule has 0 saturated heterocycles. The number of Topliss-reactive ketones (excluding diaryl/α,β-unsaturated/α-hetero) is 1. The van der Waals surface area contributed by atoms with E-state index in [9.17, 15) is 4.79 Å². The van der Waals surface area contributed by atoms with Crippen molar-refractivity contribution in [2.24, 2.45) is 11.8 Å². The largest absolute Gasteiger partial charge is 0.395 e. The van der Waals surface area contributed by atoms with Crippen LogP contribution in [-0.2, 0) is 4.79 Å². The van der Waals surface area contributed by atoms with Gasteiger partial charge in [0.25, 0.3) is 0 Å². The second kappa shape index (κ2) is 8.62. The van der Waals surface area contributed by atoms with Gasteiger partial charge >= 0.3 is 0 Å². The van der Waals surface area contributed by atoms with Gasteiger partial charge in [0.1, 0.15) is 5.78 Å². The van der Waals surface area contributed by atoms with Crippen LogP contribution in [0.5, 0.6) is 0 Å². The number of hydrogen-bond acceptors (Lipinski definition) is 4. The molecule has 4 heteroatoms. The van der Waals surface area contributed by atoms with E-state index >= 15 is 0 Å². The maximum atomic E-state index is 11.9. The van der Waals surface area contributed by atoms with E-state index in [0.29, 0.717) is 37.8 Å². The smallest absolute Gasteiger partial charge is 0.137 e. The summed E-state index contributed by atoms with van der Waals surface area (Å²) in [5, 5.41) is 18.0. The van der Waals surface area contributed by atoms with Crippen LogP contribution in [0.1, 0.15) is 39.0 Å². The van der Waals surface area contributed by atoms with Crippen molar-refractivity contribution in [3.8, 4) is 0 Å². The molecule has 0 bridgehead atoms. The topological polar surface area (TPSA) is 60.8 Å². The van der Waals surface area contributed by atoms with E-state index < -0.39 is 0 Å². The zero-order chi connectivity index (χ0) is 13.4. The summed E-state index contributed by atoms with van der Waals surface area (Å²) < 4.78 is 0. The highest BCUT2D eigenvalue weighted by Crippen LogP contribution is 2.30.